The van der Waals surface area contributed by atoms with E-state index in [1.165, 1.54) is 27.7 Å². The van der Waals surface area contributed by atoms with Crippen LogP contribution in [0.25, 0.3) is 10.2 Å². The maximum atomic E-state index is 12.6. The van der Waals surface area contributed by atoms with E-state index in [4.69, 9.17) is 23.2 Å². The van der Waals surface area contributed by atoms with Crippen LogP contribution in [0.4, 0.5) is 5.69 Å². The Morgan fingerprint density at radius 3 is 2.62 bits per heavy atom. The third-order valence-electron chi connectivity index (χ3n) is 3.93. The number of carbonyl (C=O) groups is 1. The summed E-state index contributed by atoms with van der Waals surface area (Å²) in [6.07, 6.45) is 0. The molecule has 3 rings (SSSR count). The van der Waals surface area contributed by atoms with Gasteiger partial charge in [-0.15, -0.1) is 11.3 Å². The van der Waals surface area contributed by atoms with Crippen LogP contribution in [-0.2, 0) is 11.8 Å². The number of amides is 1. The number of para-hydroxylation sites is 1. The Morgan fingerprint density at radius 1 is 1.31 bits per heavy atom. The van der Waals surface area contributed by atoms with Crippen LogP contribution in [-0.4, -0.2) is 21.2 Å². The number of thioether (sulfide) groups is 1. The topological polar surface area (TPSA) is 64.0 Å². The molecule has 1 amide bonds. The van der Waals surface area contributed by atoms with Crippen molar-refractivity contribution in [2.24, 2.45) is 7.05 Å². The summed E-state index contributed by atoms with van der Waals surface area (Å²) in [7, 11) is 1.66. The lowest BCUT2D eigenvalue weighted by Crippen LogP contribution is -2.21. The van der Waals surface area contributed by atoms with Gasteiger partial charge in [-0.3, -0.25) is 14.2 Å². The molecule has 0 atom stereocenters. The largest absolute Gasteiger partial charge is 0.323 e. The van der Waals surface area contributed by atoms with Gasteiger partial charge in [0.1, 0.15) is 4.83 Å². The zero-order valence-electron chi connectivity index (χ0n) is 14.2. The van der Waals surface area contributed by atoms with Gasteiger partial charge in [0.2, 0.25) is 5.91 Å². The van der Waals surface area contributed by atoms with E-state index in [0.29, 0.717) is 31.1 Å². The number of anilines is 1. The SMILES string of the molecule is Cc1sc2nc(SCC(=O)Nc3c(Cl)cccc3Cl)n(C)c(=O)c2c1C. The number of fused-ring (bicyclic) bond motifs is 1. The lowest BCUT2D eigenvalue weighted by atomic mass is 10.2. The number of benzene rings is 1. The zero-order valence-corrected chi connectivity index (χ0v) is 17.4. The Kier molecular flexibility index (Phi) is 5.62. The molecule has 2 aromatic heterocycles. The van der Waals surface area contributed by atoms with Gasteiger partial charge < -0.3 is 5.32 Å². The summed E-state index contributed by atoms with van der Waals surface area (Å²) in [5.74, 6) is -0.200. The van der Waals surface area contributed by atoms with Crippen molar-refractivity contribution in [1.29, 1.82) is 0 Å². The van der Waals surface area contributed by atoms with Gasteiger partial charge in [0, 0.05) is 11.9 Å². The van der Waals surface area contributed by atoms with E-state index in [1.54, 1.807) is 25.2 Å². The number of aryl methyl sites for hydroxylation is 2. The van der Waals surface area contributed by atoms with Crippen molar-refractivity contribution in [2.45, 2.75) is 19.0 Å². The van der Waals surface area contributed by atoms with E-state index >= 15 is 0 Å². The Morgan fingerprint density at radius 2 is 1.96 bits per heavy atom. The van der Waals surface area contributed by atoms with E-state index < -0.39 is 0 Å². The molecule has 0 spiro atoms. The summed E-state index contributed by atoms with van der Waals surface area (Å²) in [5, 5.41) is 4.57. The average Bonchev–Trinajstić information content (AvgIpc) is 2.87. The molecule has 3 aromatic rings. The fourth-order valence-corrected chi connectivity index (χ4v) is 4.74. The molecule has 0 aliphatic heterocycles. The molecule has 0 aliphatic carbocycles. The molecule has 9 heteroatoms. The van der Waals surface area contributed by atoms with E-state index in [1.807, 2.05) is 13.8 Å². The van der Waals surface area contributed by atoms with Crippen molar-refractivity contribution in [3.8, 4) is 0 Å². The number of halogens is 2. The number of nitrogens with one attached hydrogen (secondary N) is 1. The van der Waals surface area contributed by atoms with Gasteiger partial charge in [0.15, 0.2) is 5.16 Å². The molecule has 0 saturated carbocycles. The minimum absolute atomic E-state index is 0.0800. The van der Waals surface area contributed by atoms with Gasteiger partial charge in [-0.1, -0.05) is 41.0 Å². The second kappa shape index (κ2) is 7.60. The molecule has 136 valence electrons. The first-order valence-electron chi connectivity index (χ1n) is 7.63. The number of nitrogens with zero attached hydrogens (tertiary/aromatic N) is 2. The molecule has 1 aromatic carbocycles. The second-order valence-corrected chi connectivity index (χ2v) is 8.62. The minimum atomic E-state index is -0.280. The summed E-state index contributed by atoms with van der Waals surface area (Å²) in [5.41, 5.74) is 1.23. The molecule has 2 heterocycles. The van der Waals surface area contributed by atoms with Crippen molar-refractivity contribution in [2.75, 3.05) is 11.1 Å². The van der Waals surface area contributed by atoms with Gasteiger partial charge in [0.05, 0.1) is 26.9 Å². The summed E-state index contributed by atoms with van der Waals surface area (Å²) < 4.78 is 1.47. The lowest BCUT2D eigenvalue weighted by Gasteiger charge is -2.10. The van der Waals surface area contributed by atoms with Crippen molar-refractivity contribution in [3.63, 3.8) is 0 Å². The standard InChI is InChI=1S/C17H15Cl2N3O2S2/c1-8-9(2)26-15-13(8)16(24)22(3)17(21-15)25-7-12(23)20-14-10(18)5-4-6-11(14)19/h4-6H,7H2,1-3H3,(H,20,23). The monoisotopic (exact) mass is 427 g/mol. The van der Waals surface area contributed by atoms with Crippen LogP contribution in [0.2, 0.25) is 10.0 Å². The van der Waals surface area contributed by atoms with E-state index in [-0.39, 0.29) is 17.2 Å². The van der Waals surface area contributed by atoms with Crippen LogP contribution in [0.3, 0.4) is 0 Å². The van der Waals surface area contributed by atoms with Gasteiger partial charge >= 0.3 is 0 Å². The normalized spacial score (nSPS) is 11.1. The van der Waals surface area contributed by atoms with Crippen LogP contribution in [0.5, 0.6) is 0 Å². The highest BCUT2D eigenvalue weighted by atomic mass is 35.5. The summed E-state index contributed by atoms with van der Waals surface area (Å²) in [6, 6.07) is 5.00. The van der Waals surface area contributed by atoms with E-state index in [2.05, 4.69) is 10.3 Å². The molecule has 1 N–H and O–H groups in total. The molecule has 0 bridgehead atoms. The average molecular weight is 428 g/mol. The molecule has 0 aliphatic rings. The first-order valence-corrected chi connectivity index (χ1v) is 10.2. The van der Waals surface area contributed by atoms with Crippen LogP contribution >= 0.6 is 46.3 Å². The number of rotatable bonds is 4. The highest BCUT2D eigenvalue weighted by Gasteiger charge is 2.16. The molecule has 26 heavy (non-hydrogen) atoms. The maximum Gasteiger partial charge on any atom is 0.262 e. The van der Waals surface area contributed by atoms with Crippen LogP contribution < -0.4 is 10.9 Å². The molecule has 0 fully saturated rings. The fraction of sp³-hybridized carbons (Fsp3) is 0.235. The van der Waals surface area contributed by atoms with E-state index in [0.717, 1.165) is 10.4 Å². The maximum absolute atomic E-state index is 12.6. The van der Waals surface area contributed by atoms with Crippen molar-refractivity contribution < 1.29 is 4.79 Å². The number of aromatic nitrogens is 2. The Bertz CT molecular complexity index is 1060. The minimum Gasteiger partial charge on any atom is -0.323 e. The van der Waals surface area contributed by atoms with Gasteiger partial charge in [-0.05, 0) is 31.5 Å². The highest BCUT2D eigenvalue weighted by molar-refractivity contribution is 7.99. The van der Waals surface area contributed by atoms with Crippen molar-refractivity contribution in [3.05, 3.63) is 49.0 Å². The molecule has 5 nitrogen and oxygen atoms in total. The Hall–Kier alpha value is -1.54. The number of hydrogen-bond acceptors (Lipinski definition) is 5. The van der Waals surface area contributed by atoms with Crippen molar-refractivity contribution >= 4 is 68.1 Å². The highest BCUT2D eigenvalue weighted by Crippen LogP contribution is 2.31. The first kappa shape index (κ1) is 19.2. The number of hydrogen-bond donors (Lipinski definition) is 1. The lowest BCUT2D eigenvalue weighted by molar-refractivity contribution is -0.113. The summed E-state index contributed by atoms with van der Waals surface area (Å²) in [4.78, 5) is 31.1. The quantitative estimate of drug-likeness (QED) is 0.486. The number of carbonyl (C=O) groups excluding carboxylic acids is 1. The molecule has 0 radical (unpaired) electrons. The third-order valence-corrected chi connectivity index (χ3v) is 6.69. The van der Waals surface area contributed by atoms with Crippen LogP contribution in [0, 0.1) is 13.8 Å². The Labute approximate surface area is 168 Å². The zero-order chi connectivity index (χ0) is 19.0. The predicted octanol–water partition coefficient (Wildman–Crippen LogP) is 4.65. The molecular weight excluding hydrogens is 413 g/mol. The van der Waals surface area contributed by atoms with E-state index in [9.17, 15) is 9.59 Å². The number of thiophene rings is 1. The fourth-order valence-electron chi connectivity index (χ4n) is 2.41. The molecule has 0 unspecified atom stereocenters. The van der Waals surface area contributed by atoms with Crippen LogP contribution in [0.15, 0.2) is 28.2 Å². The summed E-state index contributed by atoms with van der Waals surface area (Å²) >= 11 is 14.8. The summed E-state index contributed by atoms with van der Waals surface area (Å²) in [6.45, 7) is 3.89. The third kappa shape index (κ3) is 3.62. The van der Waals surface area contributed by atoms with Crippen molar-refractivity contribution in [1.82, 2.24) is 9.55 Å². The van der Waals surface area contributed by atoms with Gasteiger partial charge in [0.25, 0.3) is 5.56 Å². The second-order valence-electron chi connectivity index (χ2n) is 5.66. The van der Waals surface area contributed by atoms with Gasteiger partial charge in [-0.25, -0.2) is 4.98 Å². The molecular formula is C17H15Cl2N3O2S2. The van der Waals surface area contributed by atoms with Crippen LogP contribution in [0.1, 0.15) is 10.4 Å². The smallest absolute Gasteiger partial charge is 0.262 e. The first-order chi connectivity index (χ1) is 12.3. The Balaban J connectivity index is 1.80. The van der Waals surface area contributed by atoms with Gasteiger partial charge in [-0.2, -0.15) is 0 Å². The predicted molar refractivity (Wildman–Crippen MR) is 110 cm³/mol. The molecule has 0 saturated heterocycles.